The van der Waals surface area contributed by atoms with Gasteiger partial charge in [-0.3, -0.25) is 0 Å². The van der Waals surface area contributed by atoms with Crippen LogP contribution in [0.5, 0.6) is 5.75 Å². The number of imidazole rings is 1. The van der Waals surface area contributed by atoms with E-state index in [2.05, 4.69) is 21.4 Å². The molecule has 19 heavy (non-hydrogen) atoms. The van der Waals surface area contributed by atoms with Gasteiger partial charge in [-0.15, -0.1) is 0 Å². The van der Waals surface area contributed by atoms with Crippen LogP contribution in [0.4, 0.5) is 0 Å². The second-order valence-electron chi connectivity index (χ2n) is 4.38. The minimum absolute atomic E-state index is 0.667. The third-order valence-electron chi connectivity index (χ3n) is 2.95. The summed E-state index contributed by atoms with van der Waals surface area (Å²) in [7, 11) is 1.96. The van der Waals surface area contributed by atoms with Crippen LogP contribution in [-0.4, -0.2) is 30.2 Å². The minimum Gasteiger partial charge on any atom is -0.493 e. The monoisotopic (exact) mass is 259 g/mol. The minimum atomic E-state index is 0.667. The maximum absolute atomic E-state index is 5.64. The fourth-order valence-electron chi connectivity index (χ4n) is 2.03. The van der Waals surface area contributed by atoms with E-state index in [1.54, 1.807) is 0 Å². The summed E-state index contributed by atoms with van der Waals surface area (Å²) in [5.41, 5.74) is 2.08. The molecule has 0 unspecified atom stereocenters. The van der Waals surface area contributed by atoms with Crippen LogP contribution in [-0.2, 0) is 6.42 Å². The van der Waals surface area contributed by atoms with Gasteiger partial charge in [0.1, 0.15) is 11.6 Å². The van der Waals surface area contributed by atoms with E-state index in [1.807, 2.05) is 38.4 Å². The van der Waals surface area contributed by atoms with Crippen LogP contribution >= 0.6 is 0 Å². The number of aryl methyl sites for hydroxylation is 1. The van der Waals surface area contributed by atoms with E-state index in [1.165, 1.54) is 0 Å². The zero-order valence-corrected chi connectivity index (χ0v) is 11.6. The molecule has 0 radical (unpaired) electrons. The number of nitrogens with one attached hydrogen (secondary N) is 2. The van der Waals surface area contributed by atoms with Crippen molar-refractivity contribution in [1.29, 1.82) is 0 Å². The molecular formula is C15H21N3O. The van der Waals surface area contributed by atoms with E-state index in [9.17, 15) is 0 Å². The van der Waals surface area contributed by atoms with E-state index in [0.29, 0.717) is 6.61 Å². The molecule has 0 aliphatic heterocycles. The molecule has 2 N–H and O–H groups in total. The quantitative estimate of drug-likeness (QED) is 0.751. The van der Waals surface area contributed by atoms with Crippen LogP contribution < -0.4 is 10.1 Å². The van der Waals surface area contributed by atoms with Crippen molar-refractivity contribution in [3.8, 4) is 17.0 Å². The first-order chi connectivity index (χ1) is 9.35. The summed E-state index contributed by atoms with van der Waals surface area (Å²) in [5.74, 6) is 1.92. The molecule has 0 amide bonds. The standard InChI is InChI=1S/C15H21N3O/c1-3-19-14-8-5-4-7-12(14)13-11-17-15(18-13)9-6-10-16-2/h4-5,7-8,11,16H,3,6,9-10H2,1-2H3,(H,17,18). The van der Waals surface area contributed by atoms with Gasteiger partial charge in [-0.05, 0) is 39.1 Å². The van der Waals surface area contributed by atoms with Gasteiger partial charge in [-0.25, -0.2) is 4.98 Å². The molecular weight excluding hydrogens is 238 g/mol. The summed E-state index contributed by atoms with van der Waals surface area (Å²) in [6.07, 6.45) is 3.92. The number of H-pyrrole nitrogens is 1. The Morgan fingerprint density at radius 2 is 2.16 bits per heavy atom. The van der Waals surface area contributed by atoms with Gasteiger partial charge >= 0.3 is 0 Å². The molecule has 2 rings (SSSR count). The Balaban J connectivity index is 2.13. The SMILES string of the molecule is CCOc1ccccc1-c1cnc(CCCNC)[nH]1. The highest BCUT2D eigenvalue weighted by molar-refractivity contribution is 5.66. The Hall–Kier alpha value is -1.81. The van der Waals surface area contributed by atoms with Gasteiger partial charge in [-0.2, -0.15) is 0 Å². The normalized spacial score (nSPS) is 10.6. The zero-order valence-electron chi connectivity index (χ0n) is 11.6. The van der Waals surface area contributed by atoms with Gasteiger partial charge in [0, 0.05) is 12.0 Å². The van der Waals surface area contributed by atoms with E-state index < -0.39 is 0 Å². The summed E-state index contributed by atoms with van der Waals surface area (Å²) in [6.45, 7) is 3.67. The molecule has 0 atom stereocenters. The first kappa shape index (κ1) is 13.6. The average molecular weight is 259 g/mol. The van der Waals surface area contributed by atoms with E-state index in [-0.39, 0.29) is 0 Å². The second kappa shape index (κ2) is 6.95. The molecule has 0 fully saturated rings. The van der Waals surface area contributed by atoms with E-state index >= 15 is 0 Å². The number of ether oxygens (including phenoxy) is 1. The third kappa shape index (κ3) is 3.58. The van der Waals surface area contributed by atoms with Crippen LogP contribution in [0, 0.1) is 0 Å². The van der Waals surface area contributed by atoms with E-state index in [0.717, 1.165) is 42.2 Å². The summed E-state index contributed by atoms with van der Waals surface area (Å²) < 4.78 is 5.64. The number of nitrogens with zero attached hydrogens (tertiary/aromatic N) is 1. The van der Waals surface area contributed by atoms with Crippen LogP contribution in [0.25, 0.3) is 11.3 Å². The van der Waals surface area contributed by atoms with Gasteiger partial charge in [0.15, 0.2) is 0 Å². The Labute approximate surface area is 114 Å². The highest BCUT2D eigenvalue weighted by Crippen LogP contribution is 2.28. The number of benzene rings is 1. The highest BCUT2D eigenvalue weighted by atomic mass is 16.5. The van der Waals surface area contributed by atoms with Crippen molar-refractivity contribution < 1.29 is 4.74 Å². The topological polar surface area (TPSA) is 49.9 Å². The Morgan fingerprint density at radius 1 is 1.32 bits per heavy atom. The lowest BCUT2D eigenvalue weighted by molar-refractivity contribution is 0.341. The van der Waals surface area contributed by atoms with Gasteiger partial charge in [-0.1, -0.05) is 12.1 Å². The molecule has 0 saturated carbocycles. The van der Waals surface area contributed by atoms with Crippen LogP contribution in [0.1, 0.15) is 19.2 Å². The predicted octanol–water partition coefficient (Wildman–Crippen LogP) is 2.63. The first-order valence-electron chi connectivity index (χ1n) is 6.75. The lowest BCUT2D eigenvalue weighted by Gasteiger charge is -2.07. The van der Waals surface area contributed by atoms with Crippen molar-refractivity contribution in [2.45, 2.75) is 19.8 Å². The lowest BCUT2D eigenvalue weighted by Crippen LogP contribution is -2.08. The summed E-state index contributed by atoms with van der Waals surface area (Å²) in [5, 5.41) is 3.14. The third-order valence-corrected chi connectivity index (χ3v) is 2.95. The fourth-order valence-corrected chi connectivity index (χ4v) is 2.03. The molecule has 1 aromatic carbocycles. The second-order valence-corrected chi connectivity index (χ2v) is 4.38. The molecule has 0 aliphatic carbocycles. The van der Waals surface area contributed by atoms with Crippen LogP contribution in [0.3, 0.4) is 0 Å². The molecule has 0 spiro atoms. The Kier molecular flexibility index (Phi) is 4.98. The van der Waals surface area contributed by atoms with Crippen molar-refractivity contribution in [2.75, 3.05) is 20.2 Å². The Morgan fingerprint density at radius 3 is 2.95 bits per heavy atom. The molecule has 0 bridgehead atoms. The summed E-state index contributed by atoms with van der Waals surface area (Å²) in [4.78, 5) is 7.80. The molecule has 1 aromatic heterocycles. The smallest absolute Gasteiger partial charge is 0.128 e. The van der Waals surface area contributed by atoms with Crippen molar-refractivity contribution in [2.24, 2.45) is 0 Å². The van der Waals surface area contributed by atoms with Crippen molar-refractivity contribution in [1.82, 2.24) is 15.3 Å². The van der Waals surface area contributed by atoms with Crippen molar-refractivity contribution >= 4 is 0 Å². The maximum atomic E-state index is 5.64. The highest BCUT2D eigenvalue weighted by Gasteiger charge is 2.08. The van der Waals surface area contributed by atoms with Gasteiger partial charge in [0.25, 0.3) is 0 Å². The van der Waals surface area contributed by atoms with Crippen LogP contribution in [0.2, 0.25) is 0 Å². The maximum Gasteiger partial charge on any atom is 0.128 e. The van der Waals surface area contributed by atoms with Crippen LogP contribution in [0.15, 0.2) is 30.5 Å². The van der Waals surface area contributed by atoms with E-state index in [4.69, 9.17) is 4.74 Å². The first-order valence-corrected chi connectivity index (χ1v) is 6.75. The zero-order chi connectivity index (χ0) is 13.5. The molecule has 4 heteroatoms. The number of hydrogen-bond acceptors (Lipinski definition) is 3. The molecule has 102 valence electrons. The van der Waals surface area contributed by atoms with Crippen molar-refractivity contribution in [3.05, 3.63) is 36.3 Å². The molecule has 1 heterocycles. The molecule has 2 aromatic rings. The lowest BCUT2D eigenvalue weighted by atomic mass is 10.1. The molecule has 0 saturated heterocycles. The Bertz CT molecular complexity index is 508. The predicted molar refractivity (Wildman–Crippen MR) is 77.4 cm³/mol. The number of rotatable bonds is 7. The summed E-state index contributed by atoms with van der Waals surface area (Å²) >= 11 is 0. The van der Waals surface area contributed by atoms with Gasteiger partial charge in [0.05, 0.1) is 18.5 Å². The molecule has 4 nitrogen and oxygen atoms in total. The summed E-state index contributed by atoms with van der Waals surface area (Å²) in [6, 6.07) is 8.04. The molecule has 0 aliphatic rings. The van der Waals surface area contributed by atoms with Crippen molar-refractivity contribution in [3.63, 3.8) is 0 Å². The number of aromatic nitrogens is 2. The number of hydrogen-bond donors (Lipinski definition) is 2. The number of para-hydroxylation sites is 1. The number of aromatic amines is 1. The largest absolute Gasteiger partial charge is 0.493 e. The van der Waals surface area contributed by atoms with Gasteiger partial charge in [0.2, 0.25) is 0 Å². The fraction of sp³-hybridized carbons (Fsp3) is 0.400. The average Bonchev–Trinajstić information content (AvgIpc) is 2.89. The van der Waals surface area contributed by atoms with Gasteiger partial charge < -0.3 is 15.0 Å².